The number of fused-ring (bicyclic) bond motifs is 2. The summed E-state index contributed by atoms with van der Waals surface area (Å²) < 4.78 is 2.37. The number of aliphatic hydroxyl groups is 1. The summed E-state index contributed by atoms with van der Waals surface area (Å²) in [6.45, 7) is 1.99. The Balaban J connectivity index is 1.40. The highest BCUT2D eigenvalue weighted by molar-refractivity contribution is 5.93. The Bertz CT molecular complexity index is 1220. The zero-order valence-corrected chi connectivity index (χ0v) is 17.7. The summed E-state index contributed by atoms with van der Waals surface area (Å²) in [4.78, 5) is 19.8. The fourth-order valence-electron chi connectivity index (χ4n) is 5.31. The van der Waals surface area contributed by atoms with Crippen LogP contribution < -0.4 is 4.90 Å². The van der Waals surface area contributed by atoms with Crippen LogP contribution in [-0.2, 0) is 0 Å². The molecule has 0 unspecified atom stereocenters. The van der Waals surface area contributed by atoms with Crippen LogP contribution in [0.3, 0.4) is 0 Å². The second-order valence-electron chi connectivity index (χ2n) is 9.06. The van der Waals surface area contributed by atoms with E-state index >= 15 is 0 Å². The van der Waals surface area contributed by atoms with Crippen LogP contribution in [0.2, 0.25) is 0 Å². The van der Waals surface area contributed by atoms with Gasteiger partial charge in [0.25, 0.3) is 0 Å². The number of aliphatic hydroxyl groups excluding tert-OH is 1. The number of aromatic nitrogens is 5. The first kappa shape index (κ1) is 18.8. The number of H-pyrrole nitrogens is 1. The summed E-state index contributed by atoms with van der Waals surface area (Å²) >= 11 is 0. The number of rotatable bonds is 4. The minimum atomic E-state index is 0.232. The lowest BCUT2D eigenvalue weighted by atomic mass is 9.95. The first-order valence-electron chi connectivity index (χ1n) is 11.5. The monoisotopic (exact) mass is 416 g/mol. The number of pyridine rings is 1. The fraction of sp³-hybridized carbons (Fsp3) is 0.458. The van der Waals surface area contributed by atoms with Gasteiger partial charge < -0.3 is 19.6 Å². The van der Waals surface area contributed by atoms with E-state index in [1.54, 1.807) is 6.33 Å². The Morgan fingerprint density at radius 1 is 1.06 bits per heavy atom. The van der Waals surface area contributed by atoms with Crippen molar-refractivity contribution in [3.8, 4) is 11.3 Å². The third kappa shape index (κ3) is 3.28. The van der Waals surface area contributed by atoms with Crippen molar-refractivity contribution in [2.75, 3.05) is 24.6 Å². The maximum absolute atomic E-state index is 9.53. The Labute approximate surface area is 181 Å². The lowest BCUT2D eigenvalue weighted by molar-refractivity contribution is 0.238. The highest BCUT2D eigenvalue weighted by Crippen LogP contribution is 2.34. The molecule has 1 aromatic carbocycles. The zero-order chi connectivity index (χ0) is 20.8. The molecule has 0 radical (unpaired) electrons. The molecule has 2 fully saturated rings. The van der Waals surface area contributed by atoms with E-state index in [-0.39, 0.29) is 6.61 Å². The largest absolute Gasteiger partial charge is 0.396 e. The van der Waals surface area contributed by atoms with Gasteiger partial charge in [-0.25, -0.2) is 15.0 Å². The van der Waals surface area contributed by atoms with Crippen molar-refractivity contribution < 1.29 is 5.11 Å². The van der Waals surface area contributed by atoms with Gasteiger partial charge in [-0.15, -0.1) is 0 Å². The predicted molar refractivity (Wildman–Crippen MR) is 122 cm³/mol. The van der Waals surface area contributed by atoms with E-state index in [4.69, 9.17) is 9.97 Å². The number of nitrogens with zero attached hydrogens (tertiary/aromatic N) is 5. The Kier molecular flexibility index (Phi) is 4.64. The molecule has 1 aliphatic carbocycles. The molecule has 1 saturated heterocycles. The number of benzene rings is 1. The van der Waals surface area contributed by atoms with Gasteiger partial charge >= 0.3 is 0 Å². The quantitative estimate of drug-likeness (QED) is 0.518. The molecule has 7 heteroatoms. The van der Waals surface area contributed by atoms with E-state index in [1.807, 2.05) is 6.33 Å². The van der Waals surface area contributed by atoms with Gasteiger partial charge in [-0.2, -0.15) is 0 Å². The Morgan fingerprint density at radius 2 is 1.97 bits per heavy atom. The average Bonchev–Trinajstić information content (AvgIpc) is 3.57. The van der Waals surface area contributed by atoms with Crippen LogP contribution in [0.25, 0.3) is 33.3 Å². The highest BCUT2D eigenvalue weighted by atomic mass is 16.3. The van der Waals surface area contributed by atoms with Crippen molar-refractivity contribution in [3.63, 3.8) is 0 Å². The van der Waals surface area contributed by atoms with Gasteiger partial charge in [0.05, 0.1) is 29.2 Å². The molecule has 2 N–H and O–H groups in total. The topological polar surface area (TPSA) is 82.9 Å². The maximum atomic E-state index is 9.53. The number of hydrogen-bond acceptors (Lipinski definition) is 5. The van der Waals surface area contributed by atoms with E-state index in [9.17, 15) is 5.11 Å². The van der Waals surface area contributed by atoms with Crippen LogP contribution in [0.1, 0.15) is 44.6 Å². The van der Waals surface area contributed by atoms with Crippen LogP contribution in [-0.4, -0.2) is 49.3 Å². The predicted octanol–water partition coefficient (Wildman–Crippen LogP) is 4.30. The normalized spacial score (nSPS) is 20.3. The van der Waals surface area contributed by atoms with Gasteiger partial charge in [-0.3, -0.25) is 0 Å². The first-order valence-corrected chi connectivity index (χ1v) is 11.5. The van der Waals surface area contributed by atoms with Gasteiger partial charge in [0.15, 0.2) is 0 Å². The summed E-state index contributed by atoms with van der Waals surface area (Å²) in [5.74, 6) is 1.26. The number of aromatic amines is 1. The fourth-order valence-corrected chi connectivity index (χ4v) is 5.31. The van der Waals surface area contributed by atoms with E-state index in [0.29, 0.717) is 12.0 Å². The highest BCUT2D eigenvalue weighted by Gasteiger charge is 2.24. The van der Waals surface area contributed by atoms with E-state index in [2.05, 4.69) is 43.7 Å². The minimum absolute atomic E-state index is 0.232. The number of imidazole rings is 2. The second-order valence-corrected chi connectivity index (χ2v) is 9.06. The summed E-state index contributed by atoms with van der Waals surface area (Å²) in [5.41, 5.74) is 6.01. The van der Waals surface area contributed by atoms with Gasteiger partial charge in [-0.1, -0.05) is 25.3 Å². The summed E-state index contributed by atoms with van der Waals surface area (Å²) in [5, 5.41) is 9.53. The molecule has 1 atom stereocenters. The van der Waals surface area contributed by atoms with Crippen molar-refractivity contribution in [3.05, 3.63) is 36.9 Å². The zero-order valence-electron chi connectivity index (χ0n) is 17.7. The molecule has 0 spiro atoms. The SMILES string of the molecule is OC[C@H]1CCN(c2cc3[nH]cnc3c(-c3ccc4c(c3)ncn4C3CCCCC3)n2)C1. The van der Waals surface area contributed by atoms with E-state index < -0.39 is 0 Å². The molecule has 31 heavy (non-hydrogen) atoms. The van der Waals surface area contributed by atoms with E-state index in [1.165, 1.54) is 37.6 Å². The molecule has 0 bridgehead atoms. The molecule has 7 nitrogen and oxygen atoms in total. The van der Waals surface area contributed by atoms with Crippen molar-refractivity contribution in [1.82, 2.24) is 24.5 Å². The number of hydrogen-bond donors (Lipinski definition) is 2. The van der Waals surface area contributed by atoms with Crippen LogP contribution in [0.15, 0.2) is 36.9 Å². The smallest absolute Gasteiger partial charge is 0.131 e. The lowest BCUT2D eigenvalue weighted by Gasteiger charge is -2.23. The number of nitrogens with one attached hydrogen (secondary N) is 1. The minimum Gasteiger partial charge on any atom is -0.396 e. The average molecular weight is 417 g/mol. The molecule has 1 aliphatic heterocycles. The molecule has 4 aromatic rings. The van der Waals surface area contributed by atoms with E-state index in [0.717, 1.165) is 53.1 Å². The molecule has 3 aromatic heterocycles. The molecular formula is C24H28N6O. The summed E-state index contributed by atoms with van der Waals surface area (Å²) in [7, 11) is 0. The van der Waals surface area contributed by atoms with Crippen molar-refractivity contribution in [2.45, 2.75) is 44.6 Å². The Hall–Kier alpha value is -2.93. The van der Waals surface area contributed by atoms with Crippen LogP contribution in [0, 0.1) is 5.92 Å². The third-order valence-electron chi connectivity index (χ3n) is 7.08. The molecule has 6 rings (SSSR count). The van der Waals surface area contributed by atoms with Crippen LogP contribution in [0.5, 0.6) is 0 Å². The van der Waals surface area contributed by atoms with Crippen molar-refractivity contribution in [2.24, 2.45) is 5.92 Å². The molecule has 0 amide bonds. The maximum Gasteiger partial charge on any atom is 0.131 e. The second kappa shape index (κ2) is 7.64. The van der Waals surface area contributed by atoms with Gasteiger partial charge in [0.1, 0.15) is 17.0 Å². The standard InChI is InChI=1S/C24H28N6O/c31-13-16-8-9-29(12-16)22-11-20-24(26-14-25-20)23(28-22)17-6-7-21-19(10-17)27-15-30(21)18-4-2-1-3-5-18/h6-7,10-11,14-16,18,31H,1-5,8-9,12-13H2,(H,25,26)/t16-/m0/s1. The molecule has 160 valence electrons. The lowest BCUT2D eigenvalue weighted by Crippen LogP contribution is -2.21. The van der Waals surface area contributed by atoms with Crippen molar-refractivity contribution >= 4 is 27.9 Å². The summed E-state index contributed by atoms with van der Waals surface area (Å²) in [6, 6.07) is 9.14. The van der Waals surface area contributed by atoms with Crippen molar-refractivity contribution in [1.29, 1.82) is 0 Å². The third-order valence-corrected chi connectivity index (χ3v) is 7.08. The van der Waals surface area contributed by atoms with Gasteiger partial charge in [0.2, 0.25) is 0 Å². The molecule has 4 heterocycles. The first-order chi connectivity index (χ1) is 15.3. The van der Waals surface area contributed by atoms with Crippen LogP contribution >= 0.6 is 0 Å². The van der Waals surface area contributed by atoms with Gasteiger partial charge in [0, 0.05) is 43.3 Å². The molecule has 1 saturated carbocycles. The number of anilines is 1. The molecule has 2 aliphatic rings. The van der Waals surface area contributed by atoms with Crippen LogP contribution in [0.4, 0.5) is 5.82 Å². The van der Waals surface area contributed by atoms with Gasteiger partial charge in [-0.05, 0) is 31.4 Å². The molecular weight excluding hydrogens is 388 g/mol. The summed E-state index contributed by atoms with van der Waals surface area (Å²) in [6.07, 6.45) is 11.2. The Morgan fingerprint density at radius 3 is 2.81 bits per heavy atom.